The highest BCUT2D eigenvalue weighted by atomic mass is 32.3. The molecule has 0 aromatic heterocycles. The Morgan fingerprint density at radius 1 is 0.929 bits per heavy atom. The molecular weight excluding hydrogens is 228 g/mol. The molecule has 0 radical (unpaired) electrons. The normalized spacial score (nSPS) is 11.6. The van der Waals surface area contributed by atoms with Crippen molar-refractivity contribution in [2.75, 3.05) is 18.8 Å². The molecule has 0 saturated carbocycles. The fourth-order valence-corrected chi connectivity index (χ4v) is 4.25. The van der Waals surface area contributed by atoms with Crippen molar-refractivity contribution >= 4 is 35.3 Å². The smallest absolute Gasteiger partial charge is 0.110 e. The standard InChI is InChI=1S/C11H16S3/c1-12-11(13-2,14-3)9-10-7-5-4-6-8-10/h4-8H,9H2,1-3H3. The fourth-order valence-electron chi connectivity index (χ4n) is 1.31. The minimum Gasteiger partial charge on any atom is -0.137 e. The SMILES string of the molecule is CSC(Cc1ccccc1)(SC)SC. The lowest BCUT2D eigenvalue weighted by Crippen LogP contribution is -2.17. The number of thioether (sulfide) groups is 3. The molecular formula is C11H16S3. The molecule has 1 aromatic rings. The first-order valence-electron chi connectivity index (χ1n) is 4.45. The second-order valence-electron chi connectivity index (χ2n) is 2.96. The van der Waals surface area contributed by atoms with Crippen LogP contribution in [0.15, 0.2) is 30.3 Å². The van der Waals surface area contributed by atoms with E-state index >= 15 is 0 Å². The van der Waals surface area contributed by atoms with Gasteiger partial charge in [-0.25, -0.2) is 0 Å². The molecule has 0 nitrogen and oxygen atoms in total. The zero-order chi connectivity index (χ0) is 10.4. The predicted molar refractivity (Wildman–Crippen MR) is 73.4 cm³/mol. The summed E-state index contributed by atoms with van der Waals surface area (Å²) in [4.78, 5) is 0. The molecule has 1 aromatic carbocycles. The maximum Gasteiger partial charge on any atom is 0.110 e. The molecule has 0 aliphatic rings. The Kier molecular flexibility index (Phi) is 5.28. The van der Waals surface area contributed by atoms with Crippen molar-refractivity contribution in [3.8, 4) is 0 Å². The summed E-state index contributed by atoms with van der Waals surface area (Å²) in [6.07, 6.45) is 7.69. The van der Waals surface area contributed by atoms with E-state index in [0.717, 1.165) is 6.42 Å². The van der Waals surface area contributed by atoms with Gasteiger partial charge in [-0.2, -0.15) is 0 Å². The van der Waals surface area contributed by atoms with Crippen LogP contribution in [0.4, 0.5) is 0 Å². The van der Waals surface area contributed by atoms with E-state index in [-0.39, 0.29) is 3.41 Å². The van der Waals surface area contributed by atoms with Gasteiger partial charge >= 0.3 is 0 Å². The minimum atomic E-state index is 0.279. The maximum atomic E-state index is 2.21. The number of rotatable bonds is 5. The Balaban J connectivity index is 2.74. The van der Waals surface area contributed by atoms with Gasteiger partial charge in [-0.05, 0) is 24.3 Å². The third-order valence-electron chi connectivity index (χ3n) is 2.20. The van der Waals surface area contributed by atoms with Gasteiger partial charge in [0.15, 0.2) is 0 Å². The van der Waals surface area contributed by atoms with Gasteiger partial charge in [0, 0.05) is 6.42 Å². The molecule has 0 N–H and O–H groups in total. The van der Waals surface area contributed by atoms with Crippen LogP contribution in [-0.2, 0) is 6.42 Å². The van der Waals surface area contributed by atoms with E-state index in [1.807, 2.05) is 35.3 Å². The molecule has 0 bridgehead atoms. The molecule has 78 valence electrons. The van der Waals surface area contributed by atoms with E-state index in [1.54, 1.807) is 0 Å². The van der Waals surface area contributed by atoms with E-state index in [1.165, 1.54) is 5.56 Å². The quantitative estimate of drug-likeness (QED) is 0.719. The van der Waals surface area contributed by atoms with Gasteiger partial charge in [0.05, 0.1) is 0 Å². The van der Waals surface area contributed by atoms with Crippen molar-refractivity contribution in [3.63, 3.8) is 0 Å². The predicted octanol–water partition coefficient (Wildman–Crippen LogP) is 3.97. The van der Waals surface area contributed by atoms with Crippen molar-refractivity contribution < 1.29 is 0 Å². The molecule has 1 rings (SSSR count). The molecule has 0 aliphatic carbocycles. The summed E-state index contributed by atoms with van der Waals surface area (Å²) in [5.74, 6) is 0. The summed E-state index contributed by atoms with van der Waals surface area (Å²) in [5.41, 5.74) is 1.42. The van der Waals surface area contributed by atoms with E-state index in [9.17, 15) is 0 Å². The minimum absolute atomic E-state index is 0.279. The second-order valence-corrected chi connectivity index (χ2v) is 7.05. The van der Waals surface area contributed by atoms with Crippen LogP contribution >= 0.6 is 35.3 Å². The number of benzene rings is 1. The fraction of sp³-hybridized carbons (Fsp3) is 0.455. The van der Waals surface area contributed by atoms with Crippen molar-refractivity contribution in [3.05, 3.63) is 35.9 Å². The van der Waals surface area contributed by atoms with Crippen LogP contribution in [0.1, 0.15) is 5.56 Å². The van der Waals surface area contributed by atoms with Crippen molar-refractivity contribution in [2.45, 2.75) is 9.83 Å². The summed E-state index contributed by atoms with van der Waals surface area (Å²) in [5, 5.41) is 0. The zero-order valence-corrected chi connectivity index (χ0v) is 11.3. The Bertz CT molecular complexity index is 246. The highest BCUT2D eigenvalue weighted by Gasteiger charge is 2.26. The third kappa shape index (κ3) is 3.14. The van der Waals surface area contributed by atoms with E-state index in [0.29, 0.717) is 0 Å². The molecule has 0 amide bonds. The van der Waals surface area contributed by atoms with Crippen LogP contribution < -0.4 is 0 Å². The molecule has 0 spiro atoms. The number of hydrogen-bond acceptors (Lipinski definition) is 3. The van der Waals surface area contributed by atoms with Crippen molar-refractivity contribution in [1.29, 1.82) is 0 Å². The first-order chi connectivity index (χ1) is 6.76. The van der Waals surface area contributed by atoms with Gasteiger partial charge in [0.2, 0.25) is 0 Å². The van der Waals surface area contributed by atoms with Crippen LogP contribution in [0.25, 0.3) is 0 Å². The van der Waals surface area contributed by atoms with Crippen LogP contribution in [-0.4, -0.2) is 22.2 Å². The largest absolute Gasteiger partial charge is 0.137 e. The molecule has 0 atom stereocenters. The average molecular weight is 244 g/mol. The summed E-state index contributed by atoms with van der Waals surface area (Å²) in [6, 6.07) is 10.7. The molecule has 0 heterocycles. The maximum absolute atomic E-state index is 2.21. The molecule has 3 heteroatoms. The summed E-state index contributed by atoms with van der Waals surface area (Å²) in [7, 11) is 0. The third-order valence-corrected chi connectivity index (χ3v) is 7.50. The molecule has 0 aliphatic heterocycles. The second kappa shape index (κ2) is 5.99. The van der Waals surface area contributed by atoms with Crippen LogP contribution in [0, 0.1) is 0 Å². The summed E-state index contributed by atoms with van der Waals surface area (Å²) < 4.78 is 0.279. The van der Waals surface area contributed by atoms with Crippen LogP contribution in [0.5, 0.6) is 0 Å². The number of hydrogen-bond donors (Lipinski definition) is 0. The zero-order valence-electron chi connectivity index (χ0n) is 8.82. The first-order valence-corrected chi connectivity index (χ1v) is 8.13. The van der Waals surface area contributed by atoms with Gasteiger partial charge in [-0.3, -0.25) is 0 Å². The monoisotopic (exact) mass is 244 g/mol. The molecule has 14 heavy (non-hydrogen) atoms. The van der Waals surface area contributed by atoms with Crippen LogP contribution in [0.2, 0.25) is 0 Å². The van der Waals surface area contributed by atoms with Gasteiger partial charge in [0.1, 0.15) is 3.41 Å². The lowest BCUT2D eigenvalue weighted by atomic mass is 10.2. The van der Waals surface area contributed by atoms with Gasteiger partial charge in [0.25, 0.3) is 0 Å². The topological polar surface area (TPSA) is 0 Å². The van der Waals surface area contributed by atoms with Gasteiger partial charge in [-0.15, -0.1) is 35.3 Å². The van der Waals surface area contributed by atoms with E-state index in [2.05, 4.69) is 49.1 Å². The molecule has 0 fully saturated rings. The Labute approximate surface area is 99.6 Å². The van der Waals surface area contributed by atoms with Crippen molar-refractivity contribution in [2.24, 2.45) is 0 Å². The van der Waals surface area contributed by atoms with Crippen LogP contribution in [0.3, 0.4) is 0 Å². The Hall–Kier alpha value is 0.270. The Morgan fingerprint density at radius 2 is 1.43 bits per heavy atom. The highest BCUT2D eigenvalue weighted by molar-refractivity contribution is 8.33. The van der Waals surface area contributed by atoms with E-state index in [4.69, 9.17) is 0 Å². The van der Waals surface area contributed by atoms with Gasteiger partial charge in [-0.1, -0.05) is 30.3 Å². The van der Waals surface area contributed by atoms with E-state index < -0.39 is 0 Å². The Morgan fingerprint density at radius 3 is 1.86 bits per heavy atom. The summed E-state index contributed by atoms with van der Waals surface area (Å²) in [6.45, 7) is 0. The molecule has 0 saturated heterocycles. The molecule has 0 unspecified atom stereocenters. The van der Waals surface area contributed by atoms with Crippen molar-refractivity contribution in [1.82, 2.24) is 0 Å². The average Bonchev–Trinajstić information content (AvgIpc) is 2.28. The highest BCUT2D eigenvalue weighted by Crippen LogP contribution is 2.45. The van der Waals surface area contributed by atoms with Gasteiger partial charge < -0.3 is 0 Å². The lowest BCUT2D eigenvalue weighted by molar-refractivity contribution is 1.06. The first kappa shape index (κ1) is 12.3. The summed E-state index contributed by atoms with van der Waals surface area (Å²) >= 11 is 5.81. The lowest BCUT2D eigenvalue weighted by Gasteiger charge is -2.28.